The van der Waals surface area contributed by atoms with Gasteiger partial charge in [-0.1, -0.05) is 19.3 Å². The van der Waals surface area contributed by atoms with E-state index in [1.54, 1.807) is 20.8 Å². The van der Waals surface area contributed by atoms with Crippen LogP contribution in [0.3, 0.4) is 0 Å². The summed E-state index contributed by atoms with van der Waals surface area (Å²) in [7, 11) is 0. The van der Waals surface area contributed by atoms with Gasteiger partial charge in [-0.2, -0.15) is 8.78 Å². The Bertz CT molecular complexity index is 317. The van der Waals surface area contributed by atoms with Crippen LogP contribution in [-0.2, 0) is 9.53 Å². The van der Waals surface area contributed by atoms with Crippen LogP contribution >= 0.6 is 0 Å². The molecule has 126 valence electrons. The van der Waals surface area contributed by atoms with Gasteiger partial charge in [0.2, 0.25) is 0 Å². The normalized spacial score (nSPS) is 13.3. The first kappa shape index (κ1) is 20.2. The molecule has 0 aromatic carbocycles. The minimum Gasteiger partial charge on any atom is -0.465 e. The number of unbranched alkanes of at least 4 members (excludes halogenated alkanes) is 4. The Labute approximate surface area is 124 Å². The fourth-order valence-electron chi connectivity index (χ4n) is 1.58. The molecule has 0 heterocycles. The second-order valence-corrected chi connectivity index (χ2v) is 6.50. The number of hydrogen-bond donors (Lipinski definition) is 0. The summed E-state index contributed by atoms with van der Waals surface area (Å²) in [6.45, 7) is 5.84. The summed E-state index contributed by atoms with van der Waals surface area (Å²) < 4.78 is 56.1. The van der Waals surface area contributed by atoms with Crippen molar-refractivity contribution >= 4 is 5.97 Å². The molecule has 0 saturated carbocycles. The molecule has 0 fully saturated rings. The van der Waals surface area contributed by atoms with Gasteiger partial charge in [0.1, 0.15) is 0 Å². The quantitative estimate of drug-likeness (QED) is 0.332. The first-order valence-electron chi connectivity index (χ1n) is 7.31. The monoisotopic (exact) mass is 314 g/mol. The lowest BCUT2D eigenvalue weighted by molar-refractivity contribution is -0.201. The smallest absolute Gasteiger partial charge is 0.311 e. The zero-order valence-electron chi connectivity index (χ0n) is 13.3. The molecule has 6 heteroatoms. The maximum Gasteiger partial charge on any atom is 0.311 e. The number of carbonyl (C=O) groups excluding carboxylic acids is 1. The highest BCUT2D eigenvalue weighted by atomic mass is 19.3. The summed E-state index contributed by atoms with van der Waals surface area (Å²) in [6.07, 6.45) is 1.79. The zero-order valence-corrected chi connectivity index (χ0v) is 13.3. The lowest BCUT2D eigenvalue weighted by Gasteiger charge is -2.22. The zero-order chi connectivity index (χ0) is 16.7. The largest absolute Gasteiger partial charge is 0.465 e. The topological polar surface area (TPSA) is 26.3 Å². The second kappa shape index (κ2) is 7.99. The fraction of sp³-hybridized carbons (Fsp3) is 0.933. The van der Waals surface area contributed by atoms with Crippen molar-refractivity contribution in [1.82, 2.24) is 0 Å². The number of alkyl halides is 4. The van der Waals surface area contributed by atoms with Crippen LogP contribution in [0.4, 0.5) is 17.6 Å². The van der Waals surface area contributed by atoms with Gasteiger partial charge in [-0.05, 0) is 33.6 Å². The Morgan fingerprint density at radius 2 is 1.33 bits per heavy atom. The molecule has 0 unspecified atom stereocenters. The van der Waals surface area contributed by atoms with Crippen molar-refractivity contribution in [3.8, 4) is 0 Å². The summed E-state index contributed by atoms with van der Waals surface area (Å²) in [4.78, 5) is 11.4. The summed E-state index contributed by atoms with van der Waals surface area (Å²) >= 11 is 0. The van der Waals surface area contributed by atoms with Crippen molar-refractivity contribution < 1.29 is 27.1 Å². The van der Waals surface area contributed by atoms with E-state index in [9.17, 15) is 22.4 Å². The minimum atomic E-state index is -3.96. The molecular formula is C15H26F4O2. The van der Waals surface area contributed by atoms with Crippen LogP contribution in [0, 0.1) is 5.41 Å². The van der Waals surface area contributed by atoms with E-state index in [0.29, 0.717) is 25.9 Å². The van der Waals surface area contributed by atoms with Crippen molar-refractivity contribution in [2.24, 2.45) is 5.41 Å². The highest BCUT2D eigenvalue weighted by Crippen LogP contribution is 2.37. The third-order valence-corrected chi connectivity index (χ3v) is 3.12. The number of esters is 1. The van der Waals surface area contributed by atoms with E-state index in [1.807, 2.05) is 0 Å². The van der Waals surface area contributed by atoms with Gasteiger partial charge in [0, 0.05) is 13.3 Å². The maximum atomic E-state index is 13.0. The van der Waals surface area contributed by atoms with Gasteiger partial charge in [-0.3, -0.25) is 4.79 Å². The predicted molar refractivity (Wildman–Crippen MR) is 73.7 cm³/mol. The van der Waals surface area contributed by atoms with Gasteiger partial charge in [0.05, 0.1) is 12.0 Å². The van der Waals surface area contributed by atoms with Crippen molar-refractivity contribution in [2.45, 2.75) is 78.1 Å². The fourth-order valence-corrected chi connectivity index (χ4v) is 1.58. The average molecular weight is 314 g/mol. The molecule has 0 aliphatic rings. The Balaban J connectivity index is 3.61. The number of ether oxygens (including phenoxy) is 1. The molecule has 0 aliphatic heterocycles. The van der Waals surface area contributed by atoms with Crippen LogP contribution in [-0.4, -0.2) is 24.4 Å². The van der Waals surface area contributed by atoms with Gasteiger partial charge < -0.3 is 4.74 Å². The molecular weight excluding hydrogens is 288 g/mol. The van der Waals surface area contributed by atoms with Crippen LogP contribution in [0.15, 0.2) is 0 Å². The molecule has 0 bridgehead atoms. The molecule has 0 aliphatic carbocycles. The van der Waals surface area contributed by atoms with Crippen LogP contribution in [0.25, 0.3) is 0 Å². The molecule has 0 amide bonds. The summed E-state index contributed by atoms with van der Waals surface area (Å²) in [5.41, 5.74) is -0.531. The Kier molecular flexibility index (Phi) is 7.68. The van der Waals surface area contributed by atoms with Gasteiger partial charge >= 0.3 is 17.8 Å². The molecule has 2 nitrogen and oxygen atoms in total. The third-order valence-electron chi connectivity index (χ3n) is 3.12. The number of rotatable bonds is 9. The van der Waals surface area contributed by atoms with E-state index in [2.05, 4.69) is 0 Å². The molecule has 0 radical (unpaired) electrons. The van der Waals surface area contributed by atoms with E-state index < -0.39 is 23.7 Å². The SMILES string of the molecule is CC(C)(C)C(=O)OCCCCCCCC(F)(F)C(C)(F)F. The standard InChI is InChI=1S/C15H26F4O2/c1-13(2,3)12(20)21-11-9-7-5-6-8-10-15(18,19)14(4,16)17/h5-11H2,1-4H3. The predicted octanol–water partition coefficient (Wildman–Crippen LogP) is 5.21. The average Bonchev–Trinajstić information content (AvgIpc) is 2.29. The molecule has 0 spiro atoms. The summed E-state index contributed by atoms with van der Waals surface area (Å²) in [5, 5.41) is 0. The molecule has 0 aromatic heterocycles. The van der Waals surface area contributed by atoms with Gasteiger partial charge in [0.25, 0.3) is 0 Å². The van der Waals surface area contributed by atoms with Crippen LogP contribution in [0.5, 0.6) is 0 Å². The van der Waals surface area contributed by atoms with E-state index in [-0.39, 0.29) is 19.3 Å². The number of halogens is 4. The highest BCUT2D eigenvalue weighted by molar-refractivity contribution is 5.75. The Morgan fingerprint density at radius 3 is 1.81 bits per heavy atom. The Hall–Kier alpha value is -0.810. The van der Waals surface area contributed by atoms with Crippen molar-refractivity contribution in [2.75, 3.05) is 6.61 Å². The van der Waals surface area contributed by atoms with E-state index >= 15 is 0 Å². The summed E-state index contributed by atoms with van der Waals surface area (Å²) in [6, 6.07) is 0. The van der Waals surface area contributed by atoms with Crippen LogP contribution in [0.1, 0.15) is 66.2 Å². The second-order valence-electron chi connectivity index (χ2n) is 6.50. The molecule has 0 atom stereocenters. The third kappa shape index (κ3) is 8.27. The van der Waals surface area contributed by atoms with Crippen molar-refractivity contribution in [1.29, 1.82) is 0 Å². The molecule has 21 heavy (non-hydrogen) atoms. The number of carbonyl (C=O) groups is 1. The molecule has 0 N–H and O–H groups in total. The first-order chi connectivity index (χ1) is 9.38. The van der Waals surface area contributed by atoms with Crippen molar-refractivity contribution in [3.63, 3.8) is 0 Å². The maximum absolute atomic E-state index is 13.0. The lowest BCUT2D eigenvalue weighted by atomic mass is 9.97. The molecule has 0 aromatic rings. The minimum absolute atomic E-state index is 0.0677. The van der Waals surface area contributed by atoms with Crippen molar-refractivity contribution in [3.05, 3.63) is 0 Å². The molecule has 0 rings (SSSR count). The summed E-state index contributed by atoms with van der Waals surface area (Å²) in [5.74, 6) is -8.17. The lowest BCUT2D eigenvalue weighted by Crippen LogP contribution is -2.37. The van der Waals surface area contributed by atoms with Gasteiger partial charge in [-0.15, -0.1) is 0 Å². The van der Waals surface area contributed by atoms with E-state index in [1.165, 1.54) is 0 Å². The number of hydrogen-bond acceptors (Lipinski definition) is 2. The van der Waals surface area contributed by atoms with Crippen LogP contribution < -0.4 is 0 Å². The van der Waals surface area contributed by atoms with E-state index in [0.717, 1.165) is 6.42 Å². The Morgan fingerprint density at radius 1 is 0.857 bits per heavy atom. The highest BCUT2D eigenvalue weighted by Gasteiger charge is 2.51. The van der Waals surface area contributed by atoms with Gasteiger partial charge in [-0.25, -0.2) is 8.78 Å². The first-order valence-corrected chi connectivity index (χ1v) is 7.31. The van der Waals surface area contributed by atoms with Crippen LogP contribution in [0.2, 0.25) is 0 Å². The van der Waals surface area contributed by atoms with E-state index in [4.69, 9.17) is 4.74 Å². The van der Waals surface area contributed by atoms with Gasteiger partial charge in [0.15, 0.2) is 0 Å². The molecule has 0 saturated heterocycles.